The number of para-hydroxylation sites is 1. The van der Waals surface area contributed by atoms with E-state index in [1.165, 1.54) is 0 Å². The Morgan fingerprint density at radius 3 is 2.27 bits per heavy atom. The van der Waals surface area contributed by atoms with Crippen molar-refractivity contribution in [3.05, 3.63) is 60.2 Å². The van der Waals surface area contributed by atoms with Gasteiger partial charge in [0.25, 0.3) is 5.91 Å². The molecule has 0 N–H and O–H groups in total. The molecule has 116 valence electrons. The Labute approximate surface area is 131 Å². The van der Waals surface area contributed by atoms with Gasteiger partial charge in [0.05, 0.1) is 6.54 Å². The van der Waals surface area contributed by atoms with Crippen molar-refractivity contribution in [3.8, 4) is 11.5 Å². The molecule has 2 aromatic rings. The summed E-state index contributed by atoms with van der Waals surface area (Å²) in [6.45, 7) is 3.02. The number of carbonyl (C=O) groups is 1. The lowest BCUT2D eigenvalue weighted by Gasteiger charge is -2.17. The van der Waals surface area contributed by atoms with Crippen molar-refractivity contribution >= 4 is 5.91 Å². The molecule has 4 heteroatoms. The van der Waals surface area contributed by atoms with Crippen LogP contribution in [0.25, 0.3) is 0 Å². The van der Waals surface area contributed by atoms with Crippen LogP contribution in [0, 0.1) is 6.92 Å². The van der Waals surface area contributed by atoms with Crippen LogP contribution in [0.4, 0.5) is 0 Å². The Balaban J connectivity index is 1.69. The lowest BCUT2D eigenvalue weighted by molar-refractivity contribution is -0.132. The number of benzene rings is 2. The highest BCUT2D eigenvalue weighted by Gasteiger charge is 2.09. The van der Waals surface area contributed by atoms with Gasteiger partial charge in [-0.05, 0) is 31.2 Å². The Morgan fingerprint density at radius 1 is 0.955 bits per heavy atom. The molecule has 1 amide bonds. The monoisotopic (exact) mass is 299 g/mol. The van der Waals surface area contributed by atoms with Crippen molar-refractivity contribution in [1.29, 1.82) is 0 Å². The van der Waals surface area contributed by atoms with E-state index < -0.39 is 0 Å². The third kappa shape index (κ3) is 5.13. The summed E-state index contributed by atoms with van der Waals surface area (Å²) in [6, 6.07) is 17.2. The second kappa shape index (κ2) is 8.08. The van der Waals surface area contributed by atoms with Crippen LogP contribution in [-0.4, -0.2) is 37.6 Å². The number of rotatable bonds is 7. The maximum Gasteiger partial charge on any atom is 0.260 e. The number of likely N-dealkylation sites (N-methyl/N-ethyl adjacent to an activating group) is 1. The first-order valence-electron chi connectivity index (χ1n) is 7.26. The average molecular weight is 299 g/mol. The fraction of sp³-hybridized carbons (Fsp3) is 0.278. The zero-order chi connectivity index (χ0) is 15.8. The third-order valence-corrected chi connectivity index (χ3v) is 3.25. The predicted octanol–water partition coefficient (Wildman–Crippen LogP) is 2.91. The number of ether oxygens (including phenoxy) is 2. The summed E-state index contributed by atoms with van der Waals surface area (Å²) in [5.74, 6) is 1.43. The molecule has 0 aliphatic heterocycles. The van der Waals surface area contributed by atoms with Gasteiger partial charge in [0.1, 0.15) is 18.1 Å². The lowest BCUT2D eigenvalue weighted by atomic mass is 10.2. The van der Waals surface area contributed by atoms with Crippen LogP contribution in [0.2, 0.25) is 0 Å². The average Bonchev–Trinajstić information content (AvgIpc) is 2.55. The summed E-state index contributed by atoms with van der Waals surface area (Å²) in [6.07, 6.45) is 0. The zero-order valence-corrected chi connectivity index (χ0v) is 13.0. The molecule has 0 bridgehead atoms. The molecular formula is C18H21NO3. The number of carbonyl (C=O) groups excluding carboxylic acids is 1. The summed E-state index contributed by atoms with van der Waals surface area (Å²) in [5.41, 5.74) is 1.16. The Hall–Kier alpha value is -2.49. The molecule has 0 unspecified atom stereocenters. The molecule has 0 saturated carbocycles. The molecule has 4 nitrogen and oxygen atoms in total. The van der Waals surface area contributed by atoms with Crippen LogP contribution in [0.1, 0.15) is 5.56 Å². The van der Waals surface area contributed by atoms with Crippen molar-refractivity contribution < 1.29 is 14.3 Å². The highest BCUT2D eigenvalue weighted by molar-refractivity contribution is 5.77. The van der Waals surface area contributed by atoms with Crippen LogP contribution >= 0.6 is 0 Å². The number of nitrogens with zero attached hydrogens (tertiary/aromatic N) is 1. The lowest BCUT2D eigenvalue weighted by Crippen LogP contribution is -2.34. The zero-order valence-electron chi connectivity index (χ0n) is 13.0. The van der Waals surface area contributed by atoms with E-state index in [1.807, 2.05) is 61.5 Å². The Bertz CT molecular complexity index is 581. The third-order valence-electron chi connectivity index (χ3n) is 3.25. The van der Waals surface area contributed by atoms with Gasteiger partial charge in [-0.15, -0.1) is 0 Å². The van der Waals surface area contributed by atoms with Crippen LogP contribution < -0.4 is 9.47 Å². The van der Waals surface area contributed by atoms with Gasteiger partial charge < -0.3 is 14.4 Å². The molecule has 22 heavy (non-hydrogen) atoms. The molecule has 0 fully saturated rings. The molecule has 0 atom stereocenters. The van der Waals surface area contributed by atoms with E-state index in [2.05, 4.69) is 0 Å². The summed E-state index contributed by atoms with van der Waals surface area (Å²) in [7, 11) is 1.75. The van der Waals surface area contributed by atoms with E-state index in [4.69, 9.17) is 9.47 Å². The molecule has 0 heterocycles. The van der Waals surface area contributed by atoms with Gasteiger partial charge in [-0.1, -0.05) is 35.9 Å². The number of aryl methyl sites for hydroxylation is 1. The SMILES string of the molecule is Cc1ccc(OCC(=O)N(C)CCOc2ccccc2)cc1. The number of amides is 1. The standard InChI is InChI=1S/C18H21NO3/c1-15-8-10-17(11-9-15)22-14-18(20)19(2)12-13-21-16-6-4-3-5-7-16/h3-11H,12-14H2,1-2H3. The van der Waals surface area contributed by atoms with E-state index in [9.17, 15) is 4.79 Å². The van der Waals surface area contributed by atoms with Gasteiger partial charge in [0.15, 0.2) is 6.61 Å². The maximum atomic E-state index is 12.0. The van der Waals surface area contributed by atoms with Gasteiger partial charge in [0.2, 0.25) is 0 Å². The minimum atomic E-state index is -0.0720. The van der Waals surface area contributed by atoms with Crippen molar-refractivity contribution in [2.75, 3.05) is 26.8 Å². The molecule has 0 saturated heterocycles. The predicted molar refractivity (Wildman–Crippen MR) is 86.2 cm³/mol. The largest absolute Gasteiger partial charge is 0.492 e. The van der Waals surface area contributed by atoms with Crippen LogP contribution in [-0.2, 0) is 4.79 Å². The summed E-state index contributed by atoms with van der Waals surface area (Å²) >= 11 is 0. The smallest absolute Gasteiger partial charge is 0.260 e. The normalized spacial score (nSPS) is 10.1. The van der Waals surface area contributed by atoms with E-state index in [-0.39, 0.29) is 12.5 Å². The molecule has 0 spiro atoms. The first-order valence-corrected chi connectivity index (χ1v) is 7.26. The number of hydrogen-bond acceptors (Lipinski definition) is 3. The van der Waals surface area contributed by atoms with Crippen molar-refractivity contribution in [2.45, 2.75) is 6.92 Å². The second-order valence-corrected chi connectivity index (χ2v) is 5.08. The summed E-state index contributed by atoms with van der Waals surface area (Å²) < 4.78 is 11.0. The van der Waals surface area contributed by atoms with Crippen molar-refractivity contribution in [3.63, 3.8) is 0 Å². The highest BCUT2D eigenvalue weighted by Crippen LogP contribution is 2.11. The van der Waals surface area contributed by atoms with Crippen molar-refractivity contribution in [1.82, 2.24) is 4.90 Å². The van der Waals surface area contributed by atoms with Gasteiger partial charge in [0, 0.05) is 7.05 Å². The molecular weight excluding hydrogens is 278 g/mol. The fourth-order valence-corrected chi connectivity index (χ4v) is 1.83. The Morgan fingerprint density at radius 2 is 1.59 bits per heavy atom. The molecule has 2 rings (SSSR count). The van der Waals surface area contributed by atoms with E-state index in [1.54, 1.807) is 11.9 Å². The fourth-order valence-electron chi connectivity index (χ4n) is 1.83. The topological polar surface area (TPSA) is 38.8 Å². The molecule has 0 aromatic heterocycles. The minimum Gasteiger partial charge on any atom is -0.492 e. The molecule has 0 aliphatic carbocycles. The minimum absolute atomic E-state index is 0.0326. The van der Waals surface area contributed by atoms with E-state index >= 15 is 0 Å². The number of hydrogen-bond donors (Lipinski definition) is 0. The summed E-state index contributed by atoms with van der Waals surface area (Å²) in [5, 5.41) is 0. The quantitative estimate of drug-likeness (QED) is 0.789. The summed E-state index contributed by atoms with van der Waals surface area (Å²) in [4.78, 5) is 13.6. The second-order valence-electron chi connectivity index (χ2n) is 5.08. The molecule has 2 aromatic carbocycles. The van der Waals surface area contributed by atoms with Gasteiger partial charge >= 0.3 is 0 Å². The maximum absolute atomic E-state index is 12.0. The van der Waals surface area contributed by atoms with Crippen LogP contribution in [0.15, 0.2) is 54.6 Å². The highest BCUT2D eigenvalue weighted by atomic mass is 16.5. The van der Waals surface area contributed by atoms with Gasteiger partial charge in [-0.25, -0.2) is 0 Å². The molecule has 0 radical (unpaired) electrons. The van der Waals surface area contributed by atoms with Crippen LogP contribution in [0.3, 0.4) is 0 Å². The van der Waals surface area contributed by atoms with Crippen LogP contribution in [0.5, 0.6) is 11.5 Å². The first kappa shape index (κ1) is 15.9. The van der Waals surface area contributed by atoms with Gasteiger partial charge in [-0.3, -0.25) is 4.79 Å². The van der Waals surface area contributed by atoms with E-state index in [0.29, 0.717) is 18.9 Å². The Kier molecular flexibility index (Phi) is 5.83. The van der Waals surface area contributed by atoms with Gasteiger partial charge in [-0.2, -0.15) is 0 Å². The molecule has 0 aliphatic rings. The van der Waals surface area contributed by atoms with E-state index in [0.717, 1.165) is 11.3 Å². The van der Waals surface area contributed by atoms with Crippen molar-refractivity contribution in [2.24, 2.45) is 0 Å². The first-order chi connectivity index (χ1) is 10.6.